The summed E-state index contributed by atoms with van der Waals surface area (Å²) >= 11 is 1.45. The molecule has 0 aliphatic carbocycles. The Morgan fingerprint density at radius 1 is 1.53 bits per heavy atom. The van der Waals surface area contributed by atoms with Crippen molar-refractivity contribution >= 4 is 23.2 Å². The Morgan fingerprint density at radius 3 is 2.79 bits per heavy atom. The number of methoxy groups -OCH3 is 1. The number of nitrogens with two attached hydrogens (primary N) is 1. The smallest absolute Gasteiger partial charge is 0.325 e. The van der Waals surface area contributed by atoms with Gasteiger partial charge >= 0.3 is 5.97 Å². The number of thiazole rings is 1. The number of rotatable bonds is 6. The minimum atomic E-state index is -0.478. The molecule has 6 nitrogen and oxygen atoms in total. The molecule has 0 fully saturated rings. The van der Waals surface area contributed by atoms with E-state index in [0.29, 0.717) is 11.6 Å². The van der Waals surface area contributed by atoms with Gasteiger partial charge in [0.2, 0.25) is 5.91 Å². The SMILES string of the molecule is COC(=O)CNC(=O)Cc1csc(C(N)C(C)C)n1. The highest BCUT2D eigenvalue weighted by atomic mass is 32.1. The molecule has 3 N–H and O–H groups in total. The second-order valence-electron chi connectivity index (χ2n) is 4.48. The first-order chi connectivity index (χ1) is 8.93. The number of carbonyl (C=O) groups is 2. The third-order valence-corrected chi connectivity index (χ3v) is 3.57. The Kier molecular flexibility index (Phi) is 5.91. The minimum Gasteiger partial charge on any atom is -0.468 e. The highest BCUT2D eigenvalue weighted by Gasteiger charge is 2.16. The Labute approximate surface area is 116 Å². The van der Waals surface area contributed by atoms with Crippen LogP contribution in [0.15, 0.2) is 5.38 Å². The molecule has 7 heteroatoms. The highest BCUT2D eigenvalue weighted by Crippen LogP contribution is 2.22. The Morgan fingerprint density at radius 2 is 2.21 bits per heavy atom. The van der Waals surface area contributed by atoms with Gasteiger partial charge in [0.1, 0.15) is 11.6 Å². The maximum absolute atomic E-state index is 11.6. The molecule has 1 heterocycles. The standard InChI is InChI=1S/C12H19N3O3S/c1-7(2)11(13)12-15-8(6-19-12)4-9(16)14-5-10(17)18-3/h6-7,11H,4-5,13H2,1-3H3,(H,14,16). The number of esters is 1. The van der Waals surface area contributed by atoms with Crippen LogP contribution in [0.4, 0.5) is 0 Å². The third kappa shape index (κ3) is 4.96. The van der Waals surface area contributed by atoms with E-state index >= 15 is 0 Å². The molecule has 1 aromatic heterocycles. The van der Waals surface area contributed by atoms with Crippen molar-refractivity contribution in [2.75, 3.05) is 13.7 Å². The van der Waals surface area contributed by atoms with Gasteiger partial charge in [-0.2, -0.15) is 0 Å². The molecule has 0 bridgehead atoms. The zero-order valence-corrected chi connectivity index (χ0v) is 12.1. The van der Waals surface area contributed by atoms with E-state index in [4.69, 9.17) is 5.73 Å². The van der Waals surface area contributed by atoms with E-state index in [1.54, 1.807) is 0 Å². The van der Waals surface area contributed by atoms with Crippen LogP contribution in [-0.4, -0.2) is 30.5 Å². The summed E-state index contributed by atoms with van der Waals surface area (Å²) in [6, 6.07) is -0.114. The van der Waals surface area contributed by atoms with Gasteiger partial charge in [-0.1, -0.05) is 13.8 Å². The van der Waals surface area contributed by atoms with Gasteiger partial charge in [-0.3, -0.25) is 9.59 Å². The number of nitrogens with zero attached hydrogens (tertiary/aromatic N) is 1. The van der Waals surface area contributed by atoms with Crippen LogP contribution in [0, 0.1) is 5.92 Å². The molecule has 19 heavy (non-hydrogen) atoms. The molecular weight excluding hydrogens is 266 g/mol. The predicted octanol–water partition coefficient (Wildman–Crippen LogP) is 0.631. The summed E-state index contributed by atoms with van der Waals surface area (Å²) in [4.78, 5) is 26.8. The number of amides is 1. The lowest BCUT2D eigenvalue weighted by Crippen LogP contribution is -2.31. The Hall–Kier alpha value is -1.47. The number of nitrogens with one attached hydrogen (secondary N) is 1. The lowest BCUT2D eigenvalue weighted by Gasteiger charge is -2.11. The predicted molar refractivity (Wildman–Crippen MR) is 72.6 cm³/mol. The maximum atomic E-state index is 11.6. The quantitative estimate of drug-likeness (QED) is 0.748. The van der Waals surface area contributed by atoms with E-state index in [9.17, 15) is 9.59 Å². The first-order valence-electron chi connectivity index (χ1n) is 5.97. The lowest BCUT2D eigenvalue weighted by atomic mass is 10.1. The summed E-state index contributed by atoms with van der Waals surface area (Å²) in [5.74, 6) is -0.443. The molecule has 0 aromatic carbocycles. The molecule has 1 amide bonds. The number of hydrogen-bond acceptors (Lipinski definition) is 6. The molecule has 106 valence electrons. The summed E-state index contributed by atoms with van der Waals surface area (Å²) in [6.07, 6.45) is 0.137. The molecule has 0 spiro atoms. The molecule has 0 aliphatic heterocycles. The number of ether oxygens (including phenoxy) is 1. The summed E-state index contributed by atoms with van der Waals surface area (Å²) in [5, 5.41) is 5.10. The van der Waals surface area contributed by atoms with Gasteiger partial charge in [-0.15, -0.1) is 11.3 Å². The van der Waals surface area contributed by atoms with E-state index in [1.807, 2.05) is 19.2 Å². The number of hydrogen-bond donors (Lipinski definition) is 2. The molecular formula is C12H19N3O3S. The summed E-state index contributed by atoms with van der Waals surface area (Å²) in [6.45, 7) is 3.92. The van der Waals surface area contributed by atoms with Crippen LogP contribution in [-0.2, 0) is 20.7 Å². The molecule has 0 aliphatic rings. The summed E-state index contributed by atoms with van der Waals surface area (Å²) in [5.41, 5.74) is 6.65. The van der Waals surface area contributed by atoms with Gasteiger partial charge < -0.3 is 15.8 Å². The number of aromatic nitrogens is 1. The molecule has 1 atom stereocenters. The Balaban J connectivity index is 2.49. The maximum Gasteiger partial charge on any atom is 0.325 e. The van der Waals surface area contributed by atoms with Gasteiger partial charge in [0.05, 0.1) is 25.3 Å². The van der Waals surface area contributed by atoms with Gasteiger partial charge in [0.15, 0.2) is 0 Å². The van der Waals surface area contributed by atoms with Gasteiger partial charge in [-0.05, 0) is 5.92 Å². The second-order valence-corrected chi connectivity index (χ2v) is 5.37. The van der Waals surface area contributed by atoms with Crippen molar-refractivity contribution < 1.29 is 14.3 Å². The van der Waals surface area contributed by atoms with Crippen molar-refractivity contribution in [1.29, 1.82) is 0 Å². The van der Waals surface area contributed by atoms with E-state index in [-0.39, 0.29) is 24.9 Å². The van der Waals surface area contributed by atoms with E-state index in [0.717, 1.165) is 5.01 Å². The van der Waals surface area contributed by atoms with Gasteiger partial charge in [0.25, 0.3) is 0 Å². The van der Waals surface area contributed by atoms with E-state index < -0.39 is 5.97 Å². The van der Waals surface area contributed by atoms with E-state index in [1.165, 1.54) is 18.4 Å². The summed E-state index contributed by atoms with van der Waals surface area (Å²) in [7, 11) is 1.27. The van der Waals surface area contributed by atoms with Crippen molar-refractivity contribution in [2.24, 2.45) is 11.7 Å². The second kappa shape index (κ2) is 7.20. The van der Waals surface area contributed by atoms with Crippen molar-refractivity contribution in [3.05, 3.63) is 16.1 Å². The monoisotopic (exact) mass is 285 g/mol. The van der Waals surface area contributed by atoms with Crippen molar-refractivity contribution in [2.45, 2.75) is 26.3 Å². The van der Waals surface area contributed by atoms with Crippen molar-refractivity contribution in [3.63, 3.8) is 0 Å². The normalized spacial score (nSPS) is 12.3. The molecule has 1 aromatic rings. The fraction of sp³-hybridized carbons (Fsp3) is 0.583. The third-order valence-electron chi connectivity index (χ3n) is 2.57. The zero-order valence-electron chi connectivity index (χ0n) is 11.3. The van der Waals surface area contributed by atoms with E-state index in [2.05, 4.69) is 15.0 Å². The van der Waals surface area contributed by atoms with Gasteiger partial charge in [0, 0.05) is 5.38 Å². The first-order valence-corrected chi connectivity index (χ1v) is 6.85. The minimum absolute atomic E-state index is 0.114. The zero-order chi connectivity index (χ0) is 14.4. The van der Waals surface area contributed by atoms with Crippen molar-refractivity contribution in [1.82, 2.24) is 10.3 Å². The molecule has 1 rings (SSSR count). The molecule has 0 saturated heterocycles. The summed E-state index contributed by atoms with van der Waals surface area (Å²) < 4.78 is 4.43. The van der Waals surface area contributed by atoms with Crippen LogP contribution in [0.3, 0.4) is 0 Å². The molecule has 0 saturated carbocycles. The Bertz CT molecular complexity index is 445. The van der Waals surface area contributed by atoms with Crippen LogP contribution in [0.25, 0.3) is 0 Å². The van der Waals surface area contributed by atoms with Crippen LogP contribution < -0.4 is 11.1 Å². The van der Waals surface area contributed by atoms with Crippen LogP contribution in [0.5, 0.6) is 0 Å². The largest absolute Gasteiger partial charge is 0.468 e. The number of carbonyl (C=O) groups excluding carboxylic acids is 2. The fourth-order valence-corrected chi connectivity index (χ4v) is 2.30. The van der Waals surface area contributed by atoms with Crippen LogP contribution in [0.1, 0.15) is 30.6 Å². The van der Waals surface area contributed by atoms with Gasteiger partial charge in [-0.25, -0.2) is 4.98 Å². The average molecular weight is 285 g/mol. The molecule has 0 radical (unpaired) electrons. The van der Waals surface area contributed by atoms with Crippen LogP contribution in [0.2, 0.25) is 0 Å². The molecule has 1 unspecified atom stereocenters. The topological polar surface area (TPSA) is 94.3 Å². The van der Waals surface area contributed by atoms with Crippen LogP contribution >= 0.6 is 11.3 Å². The highest BCUT2D eigenvalue weighted by molar-refractivity contribution is 7.09. The average Bonchev–Trinajstić information content (AvgIpc) is 2.83. The first kappa shape index (κ1) is 15.6. The lowest BCUT2D eigenvalue weighted by molar-refractivity contribution is -0.141. The fourth-order valence-electron chi connectivity index (χ4n) is 1.31. The van der Waals surface area contributed by atoms with Crippen molar-refractivity contribution in [3.8, 4) is 0 Å².